The van der Waals surface area contributed by atoms with Crippen molar-refractivity contribution >= 4 is 23.3 Å². The number of hydrogen-bond acceptors (Lipinski definition) is 0. The number of rotatable bonds is 1. The van der Waals surface area contributed by atoms with Crippen LogP contribution in [0.4, 0.5) is 0 Å². The summed E-state index contributed by atoms with van der Waals surface area (Å²) in [4.78, 5) is 0.648. The van der Waals surface area contributed by atoms with Gasteiger partial charge >= 0.3 is 0 Å². The van der Waals surface area contributed by atoms with Gasteiger partial charge in [0.05, 0.1) is 8.07 Å². The third-order valence-corrected chi connectivity index (χ3v) is 22.6. The van der Waals surface area contributed by atoms with Gasteiger partial charge in [0, 0.05) is 4.90 Å². The molecule has 4 bridgehead atoms. The molecule has 0 spiro atoms. The van der Waals surface area contributed by atoms with E-state index in [0.717, 1.165) is 16.9 Å². The van der Waals surface area contributed by atoms with Crippen LogP contribution in [0.25, 0.3) is 0 Å². The maximum absolute atomic E-state index is 2.72. The number of allylic oxidation sites excluding steroid dienone is 2. The molecular formula is C17H32P2Si. The summed E-state index contributed by atoms with van der Waals surface area (Å²) in [6, 6.07) is 0. The quantitative estimate of drug-likeness (QED) is 0.294. The Balaban J connectivity index is 2.11. The summed E-state index contributed by atoms with van der Waals surface area (Å²) in [7, 11) is -0.478. The Morgan fingerprint density at radius 2 is 1.50 bits per heavy atom. The van der Waals surface area contributed by atoms with E-state index in [0.29, 0.717) is 23.3 Å². The van der Waals surface area contributed by atoms with E-state index < -0.39 is 8.07 Å². The standard InChI is InChI=1S/C17H32P2Si/c1-15(2,3)13-12-10-11-17(16(4,5)6)18(13)19(17)14(12)20(7,8)9/h10-14H,1-9H3/t12-,13?,14?,17-,18?,19?/m0/s1. The summed E-state index contributed by atoms with van der Waals surface area (Å²) >= 11 is 0. The van der Waals surface area contributed by atoms with Crippen LogP contribution in [-0.2, 0) is 0 Å². The van der Waals surface area contributed by atoms with E-state index in [-0.39, 0.29) is 7.61 Å². The fourth-order valence-electron chi connectivity index (χ4n) is 4.89. The number of hydrogen-bond donors (Lipinski definition) is 0. The predicted octanol–water partition coefficient (Wildman–Crippen LogP) is 6.48. The SMILES string of the molecule is CC(C)(C)C1[C@@H]2C=C[C@]3(C(C)(C)C)P1P3C2[Si](C)(C)C. The largest absolute Gasteiger partial charge is 0.0831 e. The van der Waals surface area contributed by atoms with Crippen LogP contribution in [0.2, 0.25) is 19.6 Å². The van der Waals surface area contributed by atoms with Crippen LogP contribution in [-0.4, -0.2) is 23.9 Å². The first-order valence-corrected chi connectivity index (χ1v) is 15.2. The molecular weight excluding hydrogens is 294 g/mol. The second-order valence-electron chi connectivity index (χ2n) is 10.2. The molecule has 0 aromatic heterocycles. The van der Waals surface area contributed by atoms with Crippen LogP contribution in [0, 0.1) is 16.7 Å². The molecule has 114 valence electrons. The van der Waals surface area contributed by atoms with Gasteiger partial charge in [-0.05, 0) is 27.7 Å². The monoisotopic (exact) mass is 326 g/mol. The first kappa shape index (κ1) is 15.7. The topological polar surface area (TPSA) is 0 Å². The Bertz CT molecular complexity index is 433. The Morgan fingerprint density at radius 1 is 0.950 bits per heavy atom. The Hall–Kier alpha value is 0.817. The van der Waals surface area contributed by atoms with Crippen LogP contribution in [0.1, 0.15) is 41.5 Å². The minimum absolute atomic E-state index is 0.273. The summed E-state index contributed by atoms with van der Waals surface area (Å²) in [5, 5.41) is 1.11. The van der Waals surface area contributed by atoms with Gasteiger partial charge in [0.1, 0.15) is 0 Å². The molecule has 4 aliphatic rings. The van der Waals surface area contributed by atoms with Crippen molar-refractivity contribution in [3.05, 3.63) is 12.2 Å². The minimum atomic E-state index is -1.05. The molecule has 4 rings (SSSR count). The van der Waals surface area contributed by atoms with Gasteiger partial charge in [0.25, 0.3) is 0 Å². The van der Waals surface area contributed by atoms with Gasteiger partial charge < -0.3 is 0 Å². The van der Waals surface area contributed by atoms with E-state index in [1.807, 2.05) is 0 Å². The third-order valence-electron chi connectivity index (χ3n) is 5.58. The molecule has 4 heterocycles. The van der Waals surface area contributed by atoms with E-state index in [2.05, 4.69) is 73.3 Å². The molecule has 0 nitrogen and oxygen atoms in total. The van der Waals surface area contributed by atoms with Crippen molar-refractivity contribution in [3.63, 3.8) is 0 Å². The fourth-order valence-corrected chi connectivity index (χ4v) is 29.5. The molecule has 0 N–H and O–H groups in total. The van der Waals surface area contributed by atoms with Crippen molar-refractivity contribution in [3.8, 4) is 0 Å². The Morgan fingerprint density at radius 3 is 1.90 bits per heavy atom. The zero-order chi connectivity index (χ0) is 15.3. The first-order chi connectivity index (χ1) is 8.83. The predicted molar refractivity (Wildman–Crippen MR) is 99.0 cm³/mol. The van der Waals surface area contributed by atoms with E-state index in [1.165, 1.54) is 0 Å². The highest BCUT2D eigenvalue weighted by Gasteiger charge is 2.81. The van der Waals surface area contributed by atoms with Crippen molar-refractivity contribution in [2.75, 3.05) is 0 Å². The lowest BCUT2D eigenvalue weighted by molar-refractivity contribution is 0.324. The molecule has 20 heavy (non-hydrogen) atoms. The summed E-state index contributed by atoms with van der Waals surface area (Å²) < 4.78 is 0. The van der Waals surface area contributed by atoms with Crippen molar-refractivity contribution in [1.82, 2.24) is 0 Å². The maximum Gasteiger partial charge on any atom is 0.0532 e. The molecule has 2 fully saturated rings. The van der Waals surface area contributed by atoms with E-state index in [9.17, 15) is 0 Å². The molecule has 0 aromatic rings. The van der Waals surface area contributed by atoms with Crippen molar-refractivity contribution < 1.29 is 0 Å². The van der Waals surface area contributed by atoms with Crippen molar-refractivity contribution in [2.45, 2.75) is 77.0 Å². The van der Waals surface area contributed by atoms with Gasteiger partial charge in [0.2, 0.25) is 0 Å². The molecule has 0 aliphatic carbocycles. The van der Waals surface area contributed by atoms with Gasteiger partial charge in [-0.2, -0.15) is 0 Å². The normalized spacial score (nSPS) is 46.8. The average molecular weight is 326 g/mol. The molecule has 0 amide bonds. The second kappa shape index (κ2) is 4.01. The lowest BCUT2D eigenvalue weighted by Gasteiger charge is -2.48. The molecule has 3 heteroatoms. The highest BCUT2D eigenvalue weighted by atomic mass is 32.1. The first-order valence-electron chi connectivity index (χ1n) is 8.11. The van der Waals surface area contributed by atoms with Gasteiger partial charge in [-0.15, -0.1) is 0 Å². The molecule has 4 aliphatic heterocycles. The molecule has 2 saturated heterocycles. The zero-order valence-electron chi connectivity index (χ0n) is 14.8. The second-order valence-corrected chi connectivity index (χ2v) is 22.9. The molecule has 4 unspecified atom stereocenters. The smallest absolute Gasteiger partial charge is 0.0532 e. The average Bonchev–Trinajstić information content (AvgIpc) is 2.77. The fraction of sp³-hybridized carbons (Fsp3) is 0.882. The Labute approximate surface area is 129 Å². The van der Waals surface area contributed by atoms with Crippen LogP contribution in [0.5, 0.6) is 0 Å². The zero-order valence-corrected chi connectivity index (χ0v) is 17.6. The maximum atomic E-state index is 2.72. The van der Waals surface area contributed by atoms with Crippen LogP contribution in [0.3, 0.4) is 0 Å². The van der Waals surface area contributed by atoms with Gasteiger partial charge in [-0.1, -0.05) is 88.6 Å². The van der Waals surface area contributed by atoms with E-state index >= 15 is 0 Å². The van der Waals surface area contributed by atoms with Gasteiger partial charge in [-0.3, -0.25) is 0 Å². The van der Waals surface area contributed by atoms with Crippen LogP contribution < -0.4 is 0 Å². The lowest BCUT2D eigenvalue weighted by Crippen LogP contribution is -2.50. The molecule has 0 saturated carbocycles. The van der Waals surface area contributed by atoms with Crippen molar-refractivity contribution in [1.29, 1.82) is 0 Å². The molecule has 0 radical (unpaired) electrons. The van der Waals surface area contributed by atoms with Gasteiger partial charge in [0.15, 0.2) is 0 Å². The van der Waals surface area contributed by atoms with Crippen LogP contribution in [0.15, 0.2) is 12.2 Å². The summed E-state index contributed by atoms with van der Waals surface area (Å²) in [5.74, 6) is 0.933. The van der Waals surface area contributed by atoms with Crippen molar-refractivity contribution in [2.24, 2.45) is 16.7 Å². The van der Waals surface area contributed by atoms with E-state index in [1.54, 1.807) is 0 Å². The molecule has 0 aromatic carbocycles. The highest BCUT2D eigenvalue weighted by Crippen LogP contribution is 3.14. The summed E-state index contributed by atoms with van der Waals surface area (Å²) in [6.45, 7) is 23.0. The summed E-state index contributed by atoms with van der Waals surface area (Å²) in [6.07, 6.45) is 5.41. The molecule has 6 atom stereocenters. The summed E-state index contributed by atoms with van der Waals surface area (Å²) in [5.41, 5.74) is 1.99. The Kier molecular flexibility index (Phi) is 3.15. The lowest BCUT2D eigenvalue weighted by atomic mass is 9.82. The van der Waals surface area contributed by atoms with Gasteiger partial charge in [-0.25, -0.2) is 0 Å². The highest BCUT2D eigenvalue weighted by molar-refractivity contribution is 8.49. The van der Waals surface area contributed by atoms with E-state index in [4.69, 9.17) is 0 Å². The third kappa shape index (κ3) is 1.79. The minimum Gasteiger partial charge on any atom is -0.0831 e. The van der Waals surface area contributed by atoms with Crippen LogP contribution >= 0.6 is 15.2 Å².